The maximum absolute atomic E-state index is 12.0. The number of rotatable bonds is 4. The fourth-order valence-electron chi connectivity index (χ4n) is 2.21. The maximum Gasteiger partial charge on any atom is 0.275 e. The number of amides is 1. The molecule has 2 N–H and O–H groups in total. The van der Waals surface area contributed by atoms with E-state index in [2.05, 4.69) is 17.2 Å². The second-order valence-corrected chi connectivity index (χ2v) is 5.25. The van der Waals surface area contributed by atoms with Crippen LogP contribution in [0.25, 0.3) is 0 Å². The van der Waals surface area contributed by atoms with Crippen LogP contribution in [0.5, 0.6) is 0 Å². The summed E-state index contributed by atoms with van der Waals surface area (Å²) < 4.78 is 1.68. The molecule has 1 aliphatic heterocycles. The highest BCUT2D eigenvalue weighted by molar-refractivity contribution is 6.29. The first-order valence-electron chi connectivity index (χ1n) is 6.50. The topological polar surface area (TPSA) is 70.4 Å². The minimum absolute atomic E-state index is 0.0257. The van der Waals surface area contributed by atoms with Gasteiger partial charge in [0.15, 0.2) is 11.5 Å². The third-order valence-corrected chi connectivity index (χ3v) is 3.43. The van der Waals surface area contributed by atoms with Crippen molar-refractivity contribution < 1.29 is 9.90 Å². The van der Waals surface area contributed by atoms with Crippen LogP contribution in [-0.4, -0.2) is 33.5 Å². The Balaban J connectivity index is 2.47. The molecule has 0 aromatic carbocycles. The fraction of sp³-hybridized carbons (Fsp3) is 0.667. The molecule has 0 aliphatic carbocycles. The number of carbonyl (C=O) groups is 1. The van der Waals surface area contributed by atoms with E-state index in [4.69, 9.17) is 11.6 Å². The number of aromatic nitrogens is 2. The van der Waals surface area contributed by atoms with Crippen LogP contribution < -0.4 is 10.2 Å². The van der Waals surface area contributed by atoms with Gasteiger partial charge in [-0.25, -0.2) is 0 Å². The van der Waals surface area contributed by atoms with Crippen molar-refractivity contribution in [1.82, 2.24) is 14.9 Å². The van der Waals surface area contributed by atoms with Crippen molar-refractivity contribution in [3.63, 3.8) is 0 Å². The lowest BCUT2D eigenvalue weighted by Gasteiger charge is -2.33. The molecule has 7 heteroatoms. The van der Waals surface area contributed by atoms with E-state index < -0.39 is 6.35 Å². The molecule has 19 heavy (non-hydrogen) atoms. The lowest BCUT2D eigenvalue weighted by molar-refractivity contribution is 0.0729. The normalized spacial score (nSPS) is 18.7. The van der Waals surface area contributed by atoms with E-state index in [-0.39, 0.29) is 17.2 Å². The van der Waals surface area contributed by atoms with Crippen molar-refractivity contribution in [2.75, 3.05) is 11.4 Å². The predicted molar refractivity (Wildman–Crippen MR) is 73.3 cm³/mol. The minimum Gasteiger partial charge on any atom is -0.356 e. The zero-order chi connectivity index (χ0) is 14.2. The summed E-state index contributed by atoms with van der Waals surface area (Å²) in [4.78, 5) is 17.9. The summed E-state index contributed by atoms with van der Waals surface area (Å²) in [6.07, 6.45) is 0.849. The van der Waals surface area contributed by atoms with Crippen molar-refractivity contribution >= 4 is 23.3 Å². The van der Waals surface area contributed by atoms with Gasteiger partial charge in [-0.15, -0.1) is 0 Å². The Morgan fingerprint density at radius 3 is 2.79 bits per heavy atom. The molecule has 0 saturated carbocycles. The van der Waals surface area contributed by atoms with Crippen LogP contribution in [0.1, 0.15) is 50.1 Å². The van der Waals surface area contributed by atoms with Crippen LogP contribution in [0.4, 0.5) is 5.82 Å². The number of anilines is 1. The van der Waals surface area contributed by atoms with Crippen LogP contribution in [0, 0.1) is 0 Å². The first kappa shape index (κ1) is 14.1. The fourth-order valence-corrected chi connectivity index (χ4v) is 2.57. The van der Waals surface area contributed by atoms with E-state index >= 15 is 0 Å². The quantitative estimate of drug-likeness (QED) is 0.884. The summed E-state index contributed by atoms with van der Waals surface area (Å²) in [7, 11) is 0. The first-order chi connectivity index (χ1) is 8.97. The van der Waals surface area contributed by atoms with Crippen LogP contribution in [0.15, 0.2) is 0 Å². The maximum atomic E-state index is 12.0. The molecule has 0 saturated heterocycles. The number of unbranched alkanes of at least 4 members (excludes halogenated alkanes) is 1. The molecule has 0 fully saturated rings. The number of hydrogen-bond acceptors (Lipinski definition) is 4. The molecule has 2 heterocycles. The largest absolute Gasteiger partial charge is 0.356 e. The molecule has 106 valence electrons. The molecule has 1 aromatic heterocycles. The molecule has 1 atom stereocenters. The number of fused-ring (bicyclic) bond motifs is 1. The molecule has 0 spiro atoms. The van der Waals surface area contributed by atoms with E-state index in [0.717, 1.165) is 12.8 Å². The highest BCUT2D eigenvalue weighted by Gasteiger charge is 2.35. The lowest BCUT2D eigenvalue weighted by Crippen LogP contribution is -2.53. The van der Waals surface area contributed by atoms with E-state index in [1.165, 1.54) is 0 Å². The third-order valence-electron chi connectivity index (χ3n) is 3.16. The lowest BCUT2D eigenvalue weighted by atomic mass is 10.2. The van der Waals surface area contributed by atoms with E-state index in [1.54, 1.807) is 9.47 Å². The van der Waals surface area contributed by atoms with Gasteiger partial charge in [0.1, 0.15) is 0 Å². The number of nitrogens with one attached hydrogen (secondary N) is 1. The molecule has 2 rings (SSSR count). The van der Waals surface area contributed by atoms with Crippen LogP contribution in [0.2, 0.25) is 5.28 Å². The second-order valence-electron chi connectivity index (χ2n) is 4.91. The molecular formula is C12H19ClN4O2. The number of aliphatic hydroxyl groups excluding tert-OH is 1. The second kappa shape index (κ2) is 5.38. The first-order valence-corrected chi connectivity index (χ1v) is 6.88. The summed E-state index contributed by atoms with van der Waals surface area (Å²) in [5.41, 5.74) is 0.418. The Kier molecular flexibility index (Phi) is 4.01. The van der Waals surface area contributed by atoms with Crippen LogP contribution >= 0.6 is 11.6 Å². The highest BCUT2D eigenvalue weighted by atomic mass is 35.5. The molecular weight excluding hydrogens is 268 g/mol. The number of carbonyl (C=O) groups excluding carboxylic acids is 1. The van der Waals surface area contributed by atoms with Crippen molar-refractivity contribution in [2.24, 2.45) is 0 Å². The van der Waals surface area contributed by atoms with Gasteiger partial charge in [0.2, 0.25) is 11.6 Å². The Labute approximate surface area is 117 Å². The van der Waals surface area contributed by atoms with Gasteiger partial charge in [-0.2, -0.15) is 4.98 Å². The van der Waals surface area contributed by atoms with Gasteiger partial charge in [0.25, 0.3) is 5.91 Å². The number of imidazole rings is 1. The van der Waals surface area contributed by atoms with Crippen molar-refractivity contribution in [3.8, 4) is 0 Å². The van der Waals surface area contributed by atoms with Crippen molar-refractivity contribution in [2.45, 2.75) is 46.0 Å². The zero-order valence-electron chi connectivity index (χ0n) is 11.4. The summed E-state index contributed by atoms with van der Waals surface area (Å²) in [5, 5.41) is 12.7. The monoisotopic (exact) mass is 286 g/mol. The van der Waals surface area contributed by atoms with Crippen LogP contribution in [0.3, 0.4) is 0 Å². The summed E-state index contributed by atoms with van der Waals surface area (Å²) in [5.74, 6) is 0.117. The molecule has 1 unspecified atom stereocenters. The van der Waals surface area contributed by atoms with Gasteiger partial charge in [-0.3, -0.25) is 4.79 Å². The number of halogens is 1. The average Bonchev–Trinajstić information content (AvgIpc) is 2.66. The highest BCUT2D eigenvalue weighted by Crippen LogP contribution is 2.31. The Morgan fingerprint density at radius 2 is 2.21 bits per heavy atom. The van der Waals surface area contributed by atoms with Crippen molar-refractivity contribution in [3.05, 3.63) is 11.0 Å². The van der Waals surface area contributed by atoms with E-state index in [9.17, 15) is 9.90 Å². The Morgan fingerprint density at radius 1 is 1.53 bits per heavy atom. The molecule has 1 amide bonds. The van der Waals surface area contributed by atoms with Gasteiger partial charge >= 0.3 is 0 Å². The van der Waals surface area contributed by atoms with Gasteiger partial charge in [0, 0.05) is 12.6 Å². The number of nitrogens with zero attached hydrogens (tertiary/aromatic N) is 3. The molecule has 1 aromatic rings. The molecule has 0 bridgehead atoms. The van der Waals surface area contributed by atoms with Gasteiger partial charge in [-0.1, -0.05) is 13.3 Å². The minimum atomic E-state index is -1.04. The number of aliphatic hydroxyl groups is 1. The molecule has 1 aliphatic rings. The van der Waals surface area contributed by atoms with Gasteiger partial charge in [-0.05, 0) is 31.9 Å². The summed E-state index contributed by atoms with van der Waals surface area (Å²) >= 11 is 6.11. The smallest absolute Gasteiger partial charge is 0.275 e. The zero-order valence-corrected chi connectivity index (χ0v) is 12.1. The van der Waals surface area contributed by atoms with Crippen LogP contribution in [-0.2, 0) is 0 Å². The van der Waals surface area contributed by atoms with Gasteiger partial charge in [0.05, 0.1) is 0 Å². The van der Waals surface area contributed by atoms with Gasteiger partial charge < -0.3 is 19.9 Å². The predicted octanol–water partition coefficient (Wildman–Crippen LogP) is 1.74. The Hall–Kier alpha value is -1.27. The third kappa shape index (κ3) is 2.42. The van der Waals surface area contributed by atoms with E-state index in [1.807, 2.05) is 13.8 Å². The molecule has 0 radical (unpaired) electrons. The summed E-state index contributed by atoms with van der Waals surface area (Å²) in [6, 6.07) is 0.0257. The molecule has 6 nitrogen and oxygen atoms in total. The average molecular weight is 287 g/mol. The van der Waals surface area contributed by atoms with E-state index in [0.29, 0.717) is 18.1 Å². The van der Waals surface area contributed by atoms with Crippen molar-refractivity contribution in [1.29, 1.82) is 0 Å². The standard InChI is InChI=1S/C12H19ClN4O2/c1-4-5-6-16-9-8(10(18)15-12(16)19)17(7(2)3)11(13)14-9/h7,12,19H,4-6H2,1-3H3,(H,15,18). The SMILES string of the molecule is CCCCN1c2nc(Cl)n(C(C)C)c2C(=O)NC1O. The Bertz CT molecular complexity index is 486. The summed E-state index contributed by atoms with van der Waals surface area (Å²) in [6.45, 7) is 6.55. The number of hydrogen-bond donors (Lipinski definition) is 2.